The van der Waals surface area contributed by atoms with Crippen LogP contribution in [-0.2, 0) is 17.8 Å². The number of benzene rings is 1. The zero-order valence-corrected chi connectivity index (χ0v) is 11.7. The molecule has 110 valence electrons. The van der Waals surface area contributed by atoms with Gasteiger partial charge in [0.15, 0.2) is 6.29 Å². The van der Waals surface area contributed by atoms with Gasteiger partial charge < -0.3 is 15.0 Å². The number of rotatable bonds is 7. The Labute approximate surface area is 123 Å². The van der Waals surface area contributed by atoms with Crippen molar-refractivity contribution < 1.29 is 14.7 Å². The molecule has 0 spiro atoms. The van der Waals surface area contributed by atoms with Gasteiger partial charge in [0, 0.05) is 25.7 Å². The number of amides is 1. The van der Waals surface area contributed by atoms with Crippen molar-refractivity contribution in [1.82, 2.24) is 9.88 Å². The van der Waals surface area contributed by atoms with Crippen molar-refractivity contribution in [2.24, 2.45) is 0 Å². The van der Waals surface area contributed by atoms with Gasteiger partial charge in [0.1, 0.15) is 5.75 Å². The van der Waals surface area contributed by atoms with Crippen LogP contribution in [-0.4, -0.2) is 28.4 Å². The summed E-state index contributed by atoms with van der Waals surface area (Å²) < 4.78 is 1.76. The number of nitrogens with one attached hydrogen (secondary N) is 1. The fourth-order valence-electron chi connectivity index (χ4n) is 2.06. The van der Waals surface area contributed by atoms with E-state index in [1.54, 1.807) is 35.0 Å². The van der Waals surface area contributed by atoms with Crippen molar-refractivity contribution in [1.29, 1.82) is 0 Å². The van der Waals surface area contributed by atoms with Gasteiger partial charge in [-0.3, -0.25) is 9.59 Å². The molecule has 5 heteroatoms. The van der Waals surface area contributed by atoms with Crippen LogP contribution in [0.1, 0.15) is 22.5 Å². The van der Waals surface area contributed by atoms with Crippen LogP contribution in [0.2, 0.25) is 0 Å². The Morgan fingerprint density at radius 3 is 2.71 bits per heavy atom. The predicted molar refractivity (Wildman–Crippen MR) is 79.3 cm³/mol. The molecule has 21 heavy (non-hydrogen) atoms. The van der Waals surface area contributed by atoms with Gasteiger partial charge in [0.05, 0.1) is 5.69 Å². The number of carbonyl (C=O) groups is 2. The van der Waals surface area contributed by atoms with E-state index in [1.807, 2.05) is 12.1 Å². The van der Waals surface area contributed by atoms with Crippen molar-refractivity contribution in [2.45, 2.75) is 19.4 Å². The smallest absolute Gasteiger partial charge is 0.221 e. The Morgan fingerprint density at radius 1 is 1.24 bits per heavy atom. The summed E-state index contributed by atoms with van der Waals surface area (Å²) in [6.45, 7) is 1.04. The van der Waals surface area contributed by atoms with Crippen molar-refractivity contribution in [3.8, 4) is 5.75 Å². The third-order valence-corrected chi connectivity index (χ3v) is 3.24. The number of aldehydes is 1. The third kappa shape index (κ3) is 4.49. The Hall–Kier alpha value is -2.56. The van der Waals surface area contributed by atoms with E-state index in [0.717, 1.165) is 18.3 Å². The average molecular weight is 286 g/mol. The molecule has 1 heterocycles. The van der Waals surface area contributed by atoms with Crippen LogP contribution in [0.15, 0.2) is 42.6 Å². The summed E-state index contributed by atoms with van der Waals surface area (Å²) in [6, 6.07) is 10.4. The highest BCUT2D eigenvalue weighted by atomic mass is 16.3. The zero-order chi connectivity index (χ0) is 15.1. The Bertz CT molecular complexity index is 602. The van der Waals surface area contributed by atoms with E-state index in [4.69, 9.17) is 0 Å². The number of phenolic OH excluding ortho intramolecular Hbond substituents is 1. The second-order valence-corrected chi connectivity index (χ2v) is 4.76. The number of carbonyl (C=O) groups excluding carboxylic acids is 2. The summed E-state index contributed by atoms with van der Waals surface area (Å²) in [5.41, 5.74) is 1.63. The number of aryl methyl sites for hydroxylation is 1. The first-order chi connectivity index (χ1) is 10.2. The fraction of sp³-hybridized carbons (Fsp3) is 0.250. The molecule has 0 saturated heterocycles. The van der Waals surface area contributed by atoms with Gasteiger partial charge >= 0.3 is 0 Å². The van der Waals surface area contributed by atoms with Gasteiger partial charge in [0.25, 0.3) is 0 Å². The van der Waals surface area contributed by atoms with Gasteiger partial charge in [-0.15, -0.1) is 0 Å². The molecule has 2 aromatic rings. The summed E-state index contributed by atoms with van der Waals surface area (Å²) in [6.07, 6.45) is 3.62. The number of hydrogen-bond acceptors (Lipinski definition) is 3. The van der Waals surface area contributed by atoms with Crippen LogP contribution >= 0.6 is 0 Å². The zero-order valence-electron chi connectivity index (χ0n) is 11.7. The van der Waals surface area contributed by atoms with Crippen molar-refractivity contribution in [3.63, 3.8) is 0 Å². The Balaban J connectivity index is 1.70. The van der Waals surface area contributed by atoms with Gasteiger partial charge in [0.2, 0.25) is 5.91 Å². The highest BCUT2D eigenvalue weighted by molar-refractivity contribution is 5.76. The molecule has 0 unspecified atom stereocenters. The van der Waals surface area contributed by atoms with E-state index < -0.39 is 0 Å². The van der Waals surface area contributed by atoms with Gasteiger partial charge in [-0.05, 0) is 36.2 Å². The molecular formula is C16H18N2O3. The summed E-state index contributed by atoms with van der Waals surface area (Å²) in [4.78, 5) is 22.5. The minimum absolute atomic E-state index is 0.0423. The topological polar surface area (TPSA) is 71.3 Å². The molecule has 0 bridgehead atoms. The highest BCUT2D eigenvalue weighted by Gasteiger charge is 2.04. The number of nitrogens with zero attached hydrogens (tertiary/aromatic N) is 1. The van der Waals surface area contributed by atoms with E-state index >= 15 is 0 Å². The maximum absolute atomic E-state index is 11.7. The molecule has 0 saturated carbocycles. The molecule has 0 aliphatic heterocycles. The lowest BCUT2D eigenvalue weighted by Gasteiger charge is -2.07. The number of hydrogen-bond donors (Lipinski definition) is 2. The Kier molecular flexibility index (Phi) is 5.15. The SMILES string of the molecule is O=Cc1cccn1CCC(=O)NCCc1ccc(O)cc1. The number of aromatic nitrogens is 1. The molecule has 0 atom stereocenters. The Morgan fingerprint density at radius 2 is 2.00 bits per heavy atom. The van der Waals surface area contributed by atoms with Crippen LogP contribution in [0.4, 0.5) is 0 Å². The van der Waals surface area contributed by atoms with Gasteiger partial charge in [-0.1, -0.05) is 12.1 Å². The van der Waals surface area contributed by atoms with E-state index in [2.05, 4.69) is 5.32 Å². The first kappa shape index (κ1) is 14.8. The van der Waals surface area contributed by atoms with Crippen molar-refractivity contribution in [2.75, 3.05) is 6.54 Å². The van der Waals surface area contributed by atoms with Gasteiger partial charge in [-0.25, -0.2) is 0 Å². The fourth-order valence-corrected chi connectivity index (χ4v) is 2.06. The van der Waals surface area contributed by atoms with Gasteiger partial charge in [-0.2, -0.15) is 0 Å². The molecule has 1 amide bonds. The third-order valence-electron chi connectivity index (χ3n) is 3.24. The van der Waals surface area contributed by atoms with Crippen LogP contribution in [0, 0.1) is 0 Å². The second kappa shape index (κ2) is 7.28. The van der Waals surface area contributed by atoms with Crippen molar-refractivity contribution in [3.05, 3.63) is 53.9 Å². The van der Waals surface area contributed by atoms with Crippen LogP contribution in [0.5, 0.6) is 5.75 Å². The molecule has 0 fully saturated rings. The minimum atomic E-state index is -0.0423. The minimum Gasteiger partial charge on any atom is -0.508 e. The first-order valence-corrected chi connectivity index (χ1v) is 6.84. The maximum atomic E-state index is 11.7. The molecule has 1 aromatic carbocycles. The molecule has 0 aliphatic carbocycles. The summed E-state index contributed by atoms with van der Waals surface area (Å²) in [5, 5.41) is 12.0. The van der Waals surface area contributed by atoms with E-state index in [0.29, 0.717) is 25.2 Å². The lowest BCUT2D eigenvalue weighted by molar-refractivity contribution is -0.121. The molecule has 2 rings (SSSR count). The van der Waals surface area contributed by atoms with Crippen molar-refractivity contribution >= 4 is 12.2 Å². The normalized spacial score (nSPS) is 10.3. The molecule has 0 radical (unpaired) electrons. The van der Waals surface area contributed by atoms with E-state index in [1.165, 1.54) is 0 Å². The first-order valence-electron chi connectivity index (χ1n) is 6.84. The quantitative estimate of drug-likeness (QED) is 0.762. The average Bonchev–Trinajstić information content (AvgIpc) is 2.95. The summed E-state index contributed by atoms with van der Waals surface area (Å²) >= 11 is 0. The highest BCUT2D eigenvalue weighted by Crippen LogP contribution is 2.09. The van der Waals surface area contributed by atoms with Crippen LogP contribution in [0.25, 0.3) is 0 Å². The molecule has 2 N–H and O–H groups in total. The molecule has 5 nitrogen and oxygen atoms in total. The standard InChI is InChI=1S/C16H18N2O3/c19-12-14-2-1-10-18(14)11-8-16(21)17-9-7-13-3-5-15(20)6-4-13/h1-6,10,12,20H,7-9,11H2,(H,17,21). The summed E-state index contributed by atoms with van der Waals surface area (Å²) in [5.74, 6) is 0.194. The van der Waals surface area contributed by atoms with E-state index in [9.17, 15) is 14.7 Å². The second-order valence-electron chi connectivity index (χ2n) is 4.76. The summed E-state index contributed by atoms with van der Waals surface area (Å²) in [7, 11) is 0. The lowest BCUT2D eigenvalue weighted by Crippen LogP contribution is -2.26. The molecule has 1 aromatic heterocycles. The molecule has 0 aliphatic rings. The van der Waals surface area contributed by atoms with E-state index in [-0.39, 0.29) is 11.7 Å². The largest absolute Gasteiger partial charge is 0.508 e. The number of aromatic hydroxyl groups is 1. The van der Waals surface area contributed by atoms with Crippen LogP contribution in [0.3, 0.4) is 0 Å². The monoisotopic (exact) mass is 286 g/mol. The predicted octanol–water partition coefficient (Wildman–Crippen LogP) is 1.76. The lowest BCUT2D eigenvalue weighted by atomic mass is 10.1. The molecular weight excluding hydrogens is 268 g/mol. The van der Waals surface area contributed by atoms with Crippen LogP contribution < -0.4 is 5.32 Å². The number of phenols is 1. The maximum Gasteiger partial charge on any atom is 0.221 e.